The first kappa shape index (κ1) is 21.8. The van der Waals surface area contributed by atoms with Crippen molar-refractivity contribution in [1.29, 1.82) is 0 Å². The first-order valence-electron chi connectivity index (χ1n) is 10.6. The lowest BCUT2D eigenvalue weighted by Gasteiger charge is -2.34. The predicted octanol–water partition coefficient (Wildman–Crippen LogP) is 4.44. The molecule has 2 aromatic rings. The second kappa shape index (κ2) is 8.28. The maximum absolute atomic E-state index is 13.2. The van der Waals surface area contributed by atoms with Crippen LogP contribution in [-0.2, 0) is 4.75 Å². The fourth-order valence-corrected chi connectivity index (χ4v) is 5.42. The second-order valence-corrected chi connectivity index (χ2v) is 9.98. The summed E-state index contributed by atoms with van der Waals surface area (Å²) in [6.07, 6.45) is 2.12. The fourth-order valence-electron chi connectivity index (χ4n) is 4.07. The highest BCUT2D eigenvalue weighted by Crippen LogP contribution is 2.49. The average Bonchev–Trinajstić information content (AvgIpc) is 3.35. The molecule has 164 valence electrons. The van der Waals surface area contributed by atoms with Gasteiger partial charge in [0.05, 0.1) is 10.8 Å². The van der Waals surface area contributed by atoms with Gasteiger partial charge in [-0.3, -0.25) is 9.79 Å². The largest absolute Gasteiger partial charge is 0.369 e. The minimum atomic E-state index is -1.24. The van der Waals surface area contributed by atoms with Gasteiger partial charge in [-0.25, -0.2) is 4.39 Å². The molecule has 31 heavy (non-hydrogen) atoms. The van der Waals surface area contributed by atoms with Crippen LogP contribution < -0.4 is 5.32 Å². The summed E-state index contributed by atoms with van der Waals surface area (Å²) in [5, 5.41) is 14.9. The van der Waals surface area contributed by atoms with Crippen molar-refractivity contribution in [1.82, 2.24) is 10.2 Å². The number of hydrogen-bond donors (Lipinski definition) is 2. The summed E-state index contributed by atoms with van der Waals surface area (Å²) in [5.74, 6) is -0.215. The van der Waals surface area contributed by atoms with Gasteiger partial charge in [0.15, 0.2) is 10.9 Å². The van der Waals surface area contributed by atoms with E-state index >= 15 is 0 Å². The normalized spacial score (nSPS) is 28.0. The molecule has 0 saturated carbocycles. The van der Waals surface area contributed by atoms with Crippen LogP contribution in [0.2, 0.25) is 0 Å². The number of amides is 1. The monoisotopic (exact) mass is 441 g/mol. The maximum Gasteiger partial charge on any atom is 0.253 e. The Hall–Kier alpha value is -2.38. The summed E-state index contributed by atoms with van der Waals surface area (Å²) in [6.45, 7) is 7.27. The van der Waals surface area contributed by atoms with E-state index in [1.807, 2.05) is 43.0 Å². The Morgan fingerprint density at radius 2 is 1.74 bits per heavy atom. The molecule has 2 aliphatic heterocycles. The van der Waals surface area contributed by atoms with E-state index in [1.54, 1.807) is 19.1 Å². The number of nitrogens with one attached hydrogen (secondary N) is 1. The molecule has 2 N–H and O–H groups in total. The lowest BCUT2D eigenvalue weighted by molar-refractivity contribution is 0.0134. The third-order valence-electron chi connectivity index (χ3n) is 6.32. The summed E-state index contributed by atoms with van der Waals surface area (Å²) in [5.41, 5.74) is 1.24. The molecule has 5 nitrogen and oxygen atoms in total. The summed E-state index contributed by atoms with van der Waals surface area (Å²) in [7, 11) is 0. The van der Waals surface area contributed by atoms with Gasteiger partial charge in [-0.2, -0.15) is 0 Å². The van der Waals surface area contributed by atoms with Crippen molar-refractivity contribution in [2.45, 2.75) is 50.1 Å². The van der Waals surface area contributed by atoms with Gasteiger partial charge in [-0.15, -0.1) is 0 Å². The number of carbonyl (C=O) groups is 1. The quantitative estimate of drug-likeness (QED) is 0.736. The van der Waals surface area contributed by atoms with Crippen molar-refractivity contribution < 1.29 is 14.3 Å². The number of amidine groups is 1. The number of thioether (sulfide) groups is 1. The van der Waals surface area contributed by atoms with Gasteiger partial charge >= 0.3 is 0 Å². The summed E-state index contributed by atoms with van der Waals surface area (Å²) >= 11 is 1.46. The zero-order valence-electron chi connectivity index (χ0n) is 18.1. The van der Waals surface area contributed by atoms with E-state index in [0.717, 1.165) is 37.1 Å². The van der Waals surface area contributed by atoms with Gasteiger partial charge in [-0.1, -0.05) is 36.0 Å². The van der Waals surface area contributed by atoms with E-state index < -0.39 is 10.5 Å². The molecule has 2 aromatic carbocycles. The summed E-state index contributed by atoms with van der Waals surface area (Å²) in [4.78, 5) is 19.2. The Balaban J connectivity index is 1.54. The Labute approximate surface area is 186 Å². The highest BCUT2D eigenvalue weighted by Gasteiger charge is 2.52. The molecule has 4 rings (SSSR count). The molecule has 0 bridgehead atoms. The maximum atomic E-state index is 13.2. The van der Waals surface area contributed by atoms with Gasteiger partial charge in [0, 0.05) is 18.7 Å². The standard InChI is InChI=1S/C24H28FN3O2S/c1-16(17-8-12-20(25)13-9-17)26-22-27-24(3,30)23(2,31-22)19-10-6-18(7-11-19)21(29)28-14-4-5-15-28/h6-13,16,30H,4-5,14-15H2,1-3H3,(H,26,27)/t16-,23?,24?/m0/s1. The Kier molecular flexibility index (Phi) is 5.83. The van der Waals surface area contributed by atoms with Crippen molar-refractivity contribution in [2.24, 2.45) is 4.99 Å². The highest BCUT2D eigenvalue weighted by molar-refractivity contribution is 8.15. The number of carbonyl (C=O) groups excluding carboxylic acids is 1. The van der Waals surface area contributed by atoms with Crippen molar-refractivity contribution >= 4 is 22.8 Å². The molecule has 2 unspecified atom stereocenters. The molecule has 2 saturated heterocycles. The SMILES string of the molecule is C[C@H](N=C1NC(C)(O)C(C)(c2ccc(C(=O)N3CCCC3)cc2)S1)c1ccc(F)cc1. The third-order valence-corrected chi connectivity index (χ3v) is 7.76. The van der Waals surface area contributed by atoms with Crippen LogP contribution in [0.4, 0.5) is 4.39 Å². The van der Waals surface area contributed by atoms with Crippen molar-refractivity contribution in [3.8, 4) is 0 Å². The molecule has 1 amide bonds. The number of benzene rings is 2. The van der Waals surface area contributed by atoms with Crippen LogP contribution in [0.25, 0.3) is 0 Å². The number of likely N-dealkylation sites (tertiary alicyclic amines) is 1. The summed E-state index contributed by atoms with van der Waals surface area (Å²) in [6, 6.07) is 13.6. The van der Waals surface area contributed by atoms with Gasteiger partial charge in [0.25, 0.3) is 5.91 Å². The molecule has 0 aromatic heterocycles. The molecular formula is C24H28FN3O2S. The van der Waals surface area contributed by atoms with Gasteiger partial charge < -0.3 is 15.3 Å². The molecule has 2 aliphatic rings. The first-order valence-corrected chi connectivity index (χ1v) is 11.4. The average molecular weight is 442 g/mol. The third kappa shape index (κ3) is 4.21. The van der Waals surface area contributed by atoms with Gasteiger partial charge in [0.2, 0.25) is 0 Å². The molecule has 0 radical (unpaired) electrons. The number of aliphatic hydroxyl groups is 1. The highest BCUT2D eigenvalue weighted by atomic mass is 32.2. The Bertz CT molecular complexity index is 985. The number of hydrogen-bond acceptors (Lipinski definition) is 4. The fraction of sp³-hybridized carbons (Fsp3) is 0.417. The molecular weight excluding hydrogens is 413 g/mol. The zero-order chi connectivity index (χ0) is 22.2. The smallest absolute Gasteiger partial charge is 0.253 e. The van der Waals surface area contributed by atoms with Crippen molar-refractivity contribution in [3.63, 3.8) is 0 Å². The van der Waals surface area contributed by atoms with Crippen LogP contribution in [-0.4, -0.2) is 39.9 Å². The number of aliphatic imine (C=N–C) groups is 1. The molecule has 2 heterocycles. The van der Waals surface area contributed by atoms with Crippen LogP contribution in [0.15, 0.2) is 53.5 Å². The van der Waals surface area contributed by atoms with Gasteiger partial charge in [-0.05, 0) is 69.0 Å². The molecule has 7 heteroatoms. The van der Waals surface area contributed by atoms with Crippen LogP contribution >= 0.6 is 11.8 Å². The number of nitrogens with zero attached hydrogens (tertiary/aromatic N) is 2. The van der Waals surface area contributed by atoms with Gasteiger partial charge in [0.1, 0.15) is 5.82 Å². The molecule has 0 aliphatic carbocycles. The Morgan fingerprint density at radius 3 is 2.35 bits per heavy atom. The van der Waals surface area contributed by atoms with Crippen LogP contribution in [0.5, 0.6) is 0 Å². The summed E-state index contributed by atoms with van der Waals surface area (Å²) < 4.78 is 12.5. The van der Waals surface area contributed by atoms with E-state index in [0.29, 0.717) is 10.7 Å². The zero-order valence-corrected chi connectivity index (χ0v) is 18.9. The minimum Gasteiger partial charge on any atom is -0.369 e. The number of halogens is 1. The molecule has 0 spiro atoms. The lowest BCUT2D eigenvalue weighted by atomic mass is 9.89. The van der Waals surface area contributed by atoms with Crippen molar-refractivity contribution in [3.05, 3.63) is 71.0 Å². The van der Waals surface area contributed by atoms with Crippen molar-refractivity contribution in [2.75, 3.05) is 13.1 Å². The van der Waals surface area contributed by atoms with E-state index in [2.05, 4.69) is 5.32 Å². The molecule has 2 fully saturated rings. The number of rotatable bonds is 4. The first-order chi connectivity index (χ1) is 14.7. The van der Waals surface area contributed by atoms with E-state index in [1.165, 1.54) is 23.9 Å². The van der Waals surface area contributed by atoms with Crippen LogP contribution in [0.1, 0.15) is 61.1 Å². The predicted molar refractivity (Wildman–Crippen MR) is 123 cm³/mol. The topological polar surface area (TPSA) is 64.9 Å². The van der Waals surface area contributed by atoms with E-state index in [4.69, 9.17) is 4.99 Å². The molecule has 3 atom stereocenters. The van der Waals surface area contributed by atoms with Crippen LogP contribution in [0, 0.1) is 5.82 Å². The minimum absolute atomic E-state index is 0.0635. The second-order valence-electron chi connectivity index (χ2n) is 8.57. The lowest BCUT2D eigenvalue weighted by Crippen LogP contribution is -2.50. The van der Waals surface area contributed by atoms with E-state index in [-0.39, 0.29) is 17.8 Å². The van der Waals surface area contributed by atoms with E-state index in [9.17, 15) is 14.3 Å². The van der Waals surface area contributed by atoms with Crippen LogP contribution in [0.3, 0.4) is 0 Å². The Morgan fingerprint density at radius 1 is 1.13 bits per heavy atom.